The molecule has 18 heavy (non-hydrogen) atoms. The Balaban J connectivity index is 2.09. The average Bonchev–Trinajstić information content (AvgIpc) is 2.83. The highest BCUT2D eigenvalue weighted by atomic mass is 35.5. The molecule has 0 aromatic carbocycles. The second-order valence-corrected chi connectivity index (χ2v) is 6.01. The first-order valence-corrected chi connectivity index (χ1v) is 7.07. The van der Waals surface area contributed by atoms with Crippen molar-refractivity contribution in [1.29, 1.82) is 0 Å². The van der Waals surface area contributed by atoms with Crippen LogP contribution < -0.4 is 0 Å². The summed E-state index contributed by atoms with van der Waals surface area (Å²) in [6, 6.07) is 3.11. The van der Waals surface area contributed by atoms with Crippen molar-refractivity contribution >= 4 is 28.7 Å². The summed E-state index contributed by atoms with van der Waals surface area (Å²) in [6.45, 7) is 3.60. The minimum Gasteiger partial charge on any atom is -0.395 e. The number of ketones is 1. The van der Waals surface area contributed by atoms with E-state index in [1.807, 2.05) is 11.8 Å². The van der Waals surface area contributed by atoms with E-state index in [9.17, 15) is 9.90 Å². The van der Waals surface area contributed by atoms with Crippen molar-refractivity contribution in [1.82, 2.24) is 4.90 Å². The van der Waals surface area contributed by atoms with E-state index in [2.05, 4.69) is 0 Å². The number of nitrogens with zero attached hydrogens (tertiary/aromatic N) is 1. The summed E-state index contributed by atoms with van der Waals surface area (Å²) >= 11 is 7.14. The van der Waals surface area contributed by atoms with Crippen molar-refractivity contribution in [3.8, 4) is 0 Å². The standard InChI is InChI=1S/C12H16ClNO3S/c1-8(12(16)10-2-3-11(13)18-10)14-4-5-17-7-9(14)6-15/h2-3,8-9,15H,4-7H2,1H3. The molecule has 0 amide bonds. The van der Waals surface area contributed by atoms with Crippen molar-refractivity contribution in [2.75, 3.05) is 26.4 Å². The van der Waals surface area contributed by atoms with Crippen LogP contribution in [0.5, 0.6) is 0 Å². The molecule has 2 unspecified atom stereocenters. The highest BCUT2D eigenvalue weighted by Gasteiger charge is 2.31. The molecule has 1 N–H and O–H groups in total. The van der Waals surface area contributed by atoms with Gasteiger partial charge in [0, 0.05) is 6.54 Å². The summed E-state index contributed by atoms with van der Waals surface area (Å²) in [5, 5.41) is 9.32. The van der Waals surface area contributed by atoms with Gasteiger partial charge < -0.3 is 9.84 Å². The molecule has 1 fully saturated rings. The van der Waals surface area contributed by atoms with Gasteiger partial charge in [-0.2, -0.15) is 0 Å². The van der Waals surface area contributed by atoms with Crippen LogP contribution in [0.2, 0.25) is 4.34 Å². The van der Waals surface area contributed by atoms with Gasteiger partial charge in [0.15, 0.2) is 5.78 Å². The molecular formula is C12H16ClNO3S. The maximum atomic E-state index is 12.3. The number of ether oxygens (including phenoxy) is 1. The first-order valence-electron chi connectivity index (χ1n) is 5.87. The fourth-order valence-electron chi connectivity index (χ4n) is 2.14. The first kappa shape index (κ1) is 14.0. The molecule has 2 rings (SSSR count). The Morgan fingerprint density at radius 1 is 1.72 bits per heavy atom. The van der Waals surface area contributed by atoms with Crippen LogP contribution in [0.3, 0.4) is 0 Å². The number of carbonyl (C=O) groups excluding carboxylic acids is 1. The lowest BCUT2D eigenvalue weighted by Crippen LogP contribution is -2.53. The third-order valence-corrected chi connectivity index (χ3v) is 4.42. The average molecular weight is 290 g/mol. The van der Waals surface area contributed by atoms with E-state index in [1.54, 1.807) is 12.1 Å². The fourth-order valence-corrected chi connectivity index (χ4v) is 3.20. The highest BCUT2D eigenvalue weighted by molar-refractivity contribution is 7.18. The third-order valence-electron chi connectivity index (χ3n) is 3.18. The Morgan fingerprint density at radius 2 is 2.50 bits per heavy atom. The summed E-state index contributed by atoms with van der Waals surface area (Å²) in [5.74, 6) is 0.0484. The monoisotopic (exact) mass is 289 g/mol. The number of Topliss-reactive ketones (excluding diaryl/α,β-unsaturated/α-hetero) is 1. The lowest BCUT2D eigenvalue weighted by molar-refractivity contribution is -0.0389. The number of halogens is 1. The molecule has 1 aromatic rings. The second kappa shape index (κ2) is 6.12. The van der Waals surface area contributed by atoms with E-state index in [-0.39, 0.29) is 24.5 Å². The lowest BCUT2D eigenvalue weighted by Gasteiger charge is -2.37. The molecular weight excluding hydrogens is 274 g/mol. The fraction of sp³-hybridized carbons (Fsp3) is 0.583. The Morgan fingerprint density at radius 3 is 3.11 bits per heavy atom. The highest BCUT2D eigenvalue weighted by Crippen LogP contribution is 2.24. The molecule has 1 aromatic heterocycles. The van der Waals surface area contributed by atoms with Crippen molar-refractivity contribution in [3.63, 3.8) is 0 Å². The van der Waals surface area contributed by atoms with E-state index in [0.717, 1.165) is 0 Å². The van der Waals surface area contributed by atoms with Crippen LogP contribution in [0.4, 0.5) is 0 Å². The van der Waals surface area contributed by atoms with Crippen LogP contribution in [-0.2, 0) is 4.74 Å². The van der Waals surface area contributed by atoms with Crippen molar-refractivity contribution in [2.24, 2.45) is 0 Å². The van der Waals surface area contributed by atoms with E-state index in [1.165, 1.54) is 11.3 Å². The van der Waals surface area contributed by atoms with E-state index in [0.29, 0.717) is 29.0 Å². The number of hydrogen-bond donors (Lipinski definition) is 1. The summed E-state index contributed by atoms with van der Waals surface area (Å²) in [4.78, 5) is 15.0. The lowest BCUT2D eigenvalue weighted by atomic mass is 10.1. The molecule has 2 atom stereocenters. The Labute approximate surface area is 115 Å². The third kappa shape index (κ3) is 2.92. The van der Waals surface area contributed by atoms with Gasteiger partial charge in [0.05, 0.1) is 41.1 Å². The number of aliphatic hydroxyl groups excluding tert-OH is 1. The first-order chi connectivity index (χ1) is 8.63. The molecule has 2 heterocycles. The molecule has 0 saturated carbocycles. The van der Waals surface area contributed by atoms with Gasteiger partial charge in [0.25, 0.3) is 0 Å². The summed E-state index contributed by atoms with van der Waals surface area (Å²) in [6.07, 6.45) is 0. The van der Waals surface area contributed by atoms with Crippen molar-refractivity contribution in [3.05, 3.63) is 21.3 Å². The predicted octanol–water partition coefficient (Wildman–Crippen LogP) is 1.67. The number of thiophene rings is 1. The minimum absolute atomic E-state index is 0.00279. The normalized spacial score (nSPS) is 22.9. The molecule has 100 valence electrons. The zero-order valence-corrected chi connectivity index (χ0v) is 11.7. The molecule has 0 bridgehead atoms. The van der Waals surface area contributed by atoms with Crippen LogP contribution in [-0.4, -0.2) is 54.2 Å². The number of aliphatic hydroxyl groups is 1. The topological polar surface area (TPSA) is 49.8 Å². The largest absolute Gasteiger partial charge is 0.395 e. The van der Waals surface area contributed by atoms with Gasteiger partial charge in [0.1, 0.15) is 0 Å². The molecule has 0 radical (unpaired) electrons. The Hall–Kier alpha value is -0.460. The number of carbonyl (C=O) groups is 1. The summed E-state index contributed by atoms with van der Waals surface area (Å²) in [7, 11) is 0. The molecule has 1 saturated heterocycles. The predicted molar refractivity (Wildman–Crippen MR) is 71.5 cm³/mol. The number of morpholine rings is 1. The quantitative estimate of drug-likeness (QED) is 0.857. The SMILES string of the molecule is CC(C(=O)c1ccc(Cl)s1)N1CCOCC1CO. The van der Waals surface area contributed by atoms with Crippen LogP contribution in [0.25, 0.3) is 0 Å². The van der Waals surface area contributed by atoms with E-state index >= 15 is 0 Å². The van der Waals surface area contributed by atoms with Gasteiger partial charge >= 0.3 is 0 Å². The number of hydrogen-bond acceptors (Lipinski definition) is 5. The van der Waals surface area contributed by atoms with Gasteiger partial charge in [-0.3, -0.25) is 9.69 Å². The van der Waals surface area contributed by atoms with Gasteiger partial charge in [0.2, 0.25) is 0 Å². The molecule has 4 nitrogen and oxygen atoms in total. The second-order valence-electron chi connectivity index (χ2n) is 4.29. The smallest absolute Gasteiger partial charge is 0.189 e. The van der Waals surface area contributed by atoms with E-state index < -0.39 is 0 Å². The Kier molecular flexibility index (Phi) is 4.75. The van der Waals surface area contributed by atoms with Crippen molar-refractivity contribution in [2.45, 2.75) is 19.0 Å². The minimum atomic E-state index is -0.263. The molecule has 0 aliphatic carbocycles. The maximum absolute atomic E-state index is 12.3. The van der Waals surface area contributed by atoms with Gasteiger partial charge in [-0.05, 0) is 19.1 Å². The molecule has 0 spiro atoms. The molecule has 1 aliphatic rings. The van der Waals surface area contributed by atoms with Crippen LogP contribution in [0.1, 0.15) is 16.6 Å². The van der Waals surface area contributed by atoms with Gasteiger partial charge in [-0.25, -0.2) is 0 Å². The van der Waals surface area contributed by atoms with Crippen LogP contribution in [0.15, 0.2) is 12.1 Å². The van der Waals surface area contributed by atoms with Gasteiger partial charge in [-0.1, -0.05) is 11.6 Å². The summed E-state index contributed by atoms with van der Waals surface area (Å²) < 4.78 is 5.93. The van der Waals surface area contributed by atoms with Crippen LogP contribution >= 0.6 is 22.9 Å². The Bertz CT molecular complexity index is 423. The van der Waals surface area contributed by atoms with Crippen LogP contribution in [0, 0.1) is 0 Å². The summed E-state index contributed by atoms with van der Waals surface area (Å²) in [5.41, 5.74) is 0. The zero-order chi connectivity index (χ0) is 13.1. The molecule has 6 heteroatoms. The number of rotatable bonds is 4. The maximum Gasteiger partial charge on any atom is 0.189 e. The van der Waals surface area contributed by atoms with Gasteiger partial charge in [-0.15, -0.1) is 11.3 Å². The zero-order valence-electron chi connectivity index (χ0n) is 10.1. The van der Waals surface area contributed by atoms with E-state index in [4.69, 9.17) is 16.3 Å². The van der Waals surface area contributed by atoms with Crippen molar-refractivity contribution < 1.29 is 14.6 Å². The molecule has 1 aliphatic heterocycles.